The summed E-state index contributed by atoms with van der Waals surface area (Å²) in [7, 11) is 0. The highest BCUT2D eigenvalue weighted by molar-refractivity contribution is 6.30. The Morgan fingerprint density at radius 1 is 1.27 bits per heavy atom. The number of ether oxygens (including phenoxy) is 1. The maximum atomic E-state index is 12.6. The lowest BCUT2D eigenvalue weighted by Crippen LogP contribution is -2.46. The van der Waals surface area contributed by atoms with Crippen LogP contribution in [0.3, 0.4) is 0 Å². The van der Waals surface area contributed by atoms with Crippen molar-refractivity contribution < 1.29 is 9.53 Å². The van der Waals surface area contributed by atoms with Crippen molar-refractivity contribution in [2.75, 3.05) is 17.2 Å². The Kier molecular flexibility index (Phi) is 3.94. The van der Waals surface area contributed by atoms with Crippen LogP contribution in [0.2, 0.25) is 5.02 Å². The highest BCUT2D eigenvalue weighted by atomic mass is 35.5. The molecule has 0 radical (unpaired) electrons. The van der Waals surface area contributed by atoms with Gasteiger partial charge >= 0.3 is 0 Å². The van der Waals surface area contributed by atoms with E-state index in [1.807, 2.05) is 37.3 Å². The highest BCUT2D eigenvalue weighted by Crippen LogP contribution is 2.36. The number of rotatable bonds is 3. The Morgan fingerprint density at radius 3 is 2.82 bits per heavy atom. The van der Waals surface area contributed by atoms with Gasteiger partial charge in [0.1, 0.15) is 5.75 Å². The predicted octanol–water partition coefficient (Wildman–Crippen LogP) is 3.28. The molecule has 0 fully saturated rings. The van der Waals surface area contributed by atoms with E-state index in [9.17, 15) is 4.79 Å². The summed E-state index contributed by atoms with van der Waals surface area (Å²) in [6.07, 6.45) is -0.0609. The smallest absolute Gasteiger partial charge is 0.268 e. The van der Waals surface area contributed by atoms with Gasteiger partial charge < -0.3 is 15.4 Å². The second kappa shape index (κ2) is 5.89. The molecule has 1 unspecified atom stereocenters. The fourth-order valence-corrected chi connectivity index (χ4v) is 2.89. The van der Waals surface area contributed by atoms with Crippen LogP contribution in [0.25, 0.3) is 0 Å². The molecule has 1 heterocycles. The molecule has 4 nitrogen and oxygen atoms in total. The topological polar surface area (TPSA) is 55.6 Å². The molecule has 2 aromatic carbocycles. The van der Waals surface area contributed by atoms with Gasteiger partial charge in [-0.3, -0.25) is 4.79 Å². The van der Waals surface area contributed by atoms with Crippen LogP contribution in [0.5, 0.6) is 5.75 Å². The van der Waals surface area contributed by atoms with Gasteiger partial charge in [0.2, 0.25) is 0 Å². The Morgan fingerprint density at radius 2 is 2.09 bits per heavy atom. The molecular formula is C17H17ClN2O2. The first kappa shape index (κ1) is 14.7. The van der Waals surface area contributed by atoms with Crippen molar-refractivity contribution in [3.05, 3.63) is 53.1 Å². The molecule has 114 valence electrons. The Hall–Kier alpha value is -2.20. The molecule has 0 spiro atoms. The van der Waals surface area contributed by atoms with E-state index in [1.54, 1.807) is 17.0 Å². The number of amides is 1. The Balaban J connectivity index is 1.91. The normalized spacial score (nSPS) is 17.1. The van der Waals surface area contributed by atoms with Crippen LogP contribution in [0.15, 0.2) is 42.5 Å². The Bertz CT molecular complexity index is 718. The van der Waals surface area contributed by atoms with Crippen LogP contribution in [0.1, 0.15) is 12.5 Å². The third-order valence-corrected chi connectivity index (χ3v) is 3.95. The summed E-state index contributed by atoms with van der Waals surface area (Å²) < 4.78 is 5.89. The van der Waals surface area contributed by atoms with E-state index in [0.29, 0.717) is 29.4 Å². The molecule has 2 N–H and O–H groups in total. The quantitative estimate of drug-likeness (QED) is 0.884. The van der Waals surface area contributed by atoms with Crippen molar-refractivity contribution in [1.82, 2.24) is 0 Å². The van der Waals surface area contributed by atoms with Crippen molar-refractivity contribution in [1.29, 1.82) is 0 Å². The van der Waals surface area contributed by atoms with Crippen LogP contribution < -0.4 is 15.4 Å². The zero-order chi connectivity index (χ0) is 15.7. The van der Waals surface area contributed by atoms with Crippen LogP contribution >= 0.6 is 11.6 Å². The number of likely N-dealkylation sites (N-methyl/N-ethyl adjacent to an activating group) is 1. The van der Waals surface area contributed by atoms with E-state index in [0.717, 1.165) is 11.3 Å². The molecule has 3 rings (SSSR count). The van der Waals surface area contributed by atoms with Crippen molar-refractivity contribution in [2.45, 2.75) is 19.4 Å². The van der Waals surface area contributed by atoms with E-state index >= 15 is 0 Å². The molecule has 1 aliphatic rings. The second-order valence-corrected chi connectivity index (χ2v) is 5.69. The first-order valence-corrected chi connectivity index (χ1v) is 7.58. The maximum Gasteiger partial charge on any atom is 0.268 e. The van der Waals surface area contributed by atoms with Crippen molar-refractivity contribution in [2.24, 2.45) is 0 Å². The molecule has 0 bridgehead atoms. The van der Waals surface area contributed by atoms with Crippen LogP contribution in [0.4, 0.5) is 11.4 Å². The molecular weight excluding hydrogens is 300 g/mol. The van der Waals surface area contributed by atoms with Gasteiger partial charge in [0.25, 0.3) is 5.91 Å². The van der Waals surface area contributed by atoms with Crippen molar-refractivity contribution >= 4 is 28.9 Å². The fraction of sp³-hybridized carbons (Fsp3) is 0.235. The van der Waals surface area contributed by atoms with Gasteiger partial charge in [0.15, 0.2) is 6.10 Å². The summed E-state index contributed by atoms with van der Waals surface area (Å²) in [5, 5.41) is 0.654. The summed E-state index contributed by atoms with van der Waals surface area (Å²) in [4.78, 5) is 14.4. The van der Waals surface area contributed by atoms with E-state index in [4.69, 9.17) is 22.1 Å². The number of anilines is 2. The molecule has 22 heavy (non-hydrogen) atoms. The highest BCUT2D eigenvalue weighted by Gasteiger charge is 2.33. The Labute approximate surface area is 134 Å². The largest absolute Gasteiger partial charge is 0.478 e. The van der Waals surface area contributed by atoms with Crippen molar-refractivity contribution in [3.8, 4) is 5.75 Å². The molecule has 1 amide bonds. The molecule has 2 aromatic rings. The average molecular weight is 317 g/mol. The van der Waals surface area contributed by atoms with E-state index < -0.39 is 6.10 Å². The first-order chi connectivity index (χ1) is 10.6. The van der Waals surface area contributed by atoms with Gasteiger partial charge in [-0.25, -0.2) is 0 Å². The number of fused-ring (bicyclic) bond motifs is 1. The fourth-order valence-electron chi connectivity index (χ4n) is 2.67. The third kappa shape index (κ3) is 2.74. The minimum absolute atomic E-state index is 0.0550. The SMILES string of the molecule is CCN1C(=O)C(Cc2cccc(Cl)c2)Oc2ccc(N)cc21. The zero-order valence-corrected chi connectivity index (χ0v) is 13.0. The average Bonchev–Trinajstić information content (AvgIpc) is 2.49. The summed E-state index contributed by atoms with van der Waals surface area (Å²) in [5.41, 5.74) is 8.13. The summed E-state index contributed by atoms with van der Waals surface area (Å²) in [5.74, 6) is 0.628. The number of nitrogen functional groups attached to an aromatic ring is 1. The van der Waals surface area contributed by atoms with E-state index in [1.165, 1.54) is 0 Å². The minimum atomic E-state index is -0.547. The van der Waals surface area contributed by atoms with Gasteiger partial charge in [-0.05, 0) is 42.8 Å². The molecule has 1 atom stereocenters. The zero-order valence-electron chi connectivity index (χ0n) is 12.3. The van der Waals surface area contributed by atoms with Gasteiger partial charge in [0, 0.05) is 23.7 Å². The van der Waals surface area contributed by atoms with Crippen LogP contribution in [-0.4, -0.2) is 18.6 Å². The molecule has 0 aromatic heterocycles. The second-order valence-electron chi connectivity index (χ2n) is 5.25. The first-order valence-electron chi connectivity index (χ1n) is 7.20. The molecule has 0 aliphatic carbocycles. The lowest BCUT2D eigenvalue weighted by Gasteiger charge is -2.34. The number of carbonyl (C=O) groups excluding carboxylic acids is 1. The molecule has 0 saturated heterocycles. The van der Waals surface area contributed by atoms with E-state index in [2.05, 4.69) is 0 Å². The number of hydrogen-bond donors (Lipinski definition) is 1. The standard InChI is InChI=1S/C17H17ClN2O2/c1-2-20-14-10-13(19)6-7-15(14)22-16(17(20)21)9-11-4-3-5-12(18)8-11/h3-8,10,16H,2,9,19H2,1H3. The number of nitrogens with zero attached hydrogens (tertiary/aromatic N) is 1. The van der Waals surface area contributed by atoms with Crippen molar-refractivity contribution in [3.63, 3.8) is 0 Å². The van der Waals surface area contributed by atoms with Gasteiger partial charge in [-0.1, -0.05) is 23.7 Å². The number of carbonyl (C=O) groups is 1. The minimum Gasteiger partial charge on any atom is -0.478 e. The van der Waals surface area contributed by atoms with Gasteiger partial charge in [-0.2, -0.15) is 0 Å². The number of hydrogen-bond acceptors (Lipinski definition) is 3. The number of nitrogens with two attached hydrogens (primary N) is 1. The molecule has 0 saturated carbocycles. The summed E-state index contributed by atoms with van der Waals surface area (Å²) in [6, 6.07) is 12.8. The van der Waals surface area contributed by atoms with Crippen LogP contribution in [-0.2, 0) is 11.2 Å². The van der Waals surface area contributed by atoms with Crippen LogP contribution in [0, 0.1) is 0 Å². The number of benzene rings is 2. The predicted molar refractivity (Wildman–Crippen MR) is 88.5 cm³/mol. The lowest BCUT2D eigenvalue weighted by atomic mass is 10.0. The third-order valence-electron chi connectivity index (χ3n) is 3.71. The van der Waals surface area contributed by atoms with Gasteiger partial charge in [-0.15, -0.1) is 0 Å². The number of halogens is 1. The maximum absolute atomic E-state index is 12.6. The molecule has 1 aliphatic heterocycles. The van der Waals surface area contributed by atoms with E-state index in [-0.39, 0.29) is 5.91 Å². The molecule has 5 heteroatoms. The van der Waals surface area contributed by atoms with Gasteiger partial charge in [0.05, 0.1) is 5.69 Å². The lowest BCUT2D eigenvalue weighted by molar-refractivity contribution is -0.126. The summed E-state index contributed by atoms with van der Waals surface area (Å²) >= 11 is 6.00. The monoisotopic (exact) mass is 316 g/mol. The summed E-state index contributed by atoms with van der Waals surface area (Å²) in [6.45, 7) is 2.51.